The minimum Gasteiger partial charge on any atom is -0.523 e. The van der Waals surface area contributed by atoms with Crippen LogP contribution < -0.4 is 18.9 Å². The molecule has 0 amide bonds. The number of ether oxygens (including phenoxy) is 4. The second-order valence-electron chi connectivity index (χ2n) is 5.06. The Labute approximate surface area is 204 Å². The molecule has 0 bridgehead atoms. The molecule has 8 nitrogen and oxygen atoms in total. The Bertz CT molecular complexity index is 748. The predicted molar refractivity (Wildman–Crippen MR) is 107 cm³/mol. The SMILES string of the molecule is COc1[c-]cccc1.O=P(O)(O)O.[CH2-]C(F)(F)c1cc(OC)c(OC)c(OC)c1.[Ca+2]. The Morgan fingerprint density at radius 1 is 0.967 bits per heavy atom. The smallest absolute Gasteiger partial charge is 0.523 e. The Balaban J connectivity index is 0. The average Bonchev–Trinajstić information content (AvgIpc) is 2.65. The van der Waals surface area contributed by atoms with Gasteiger partial charge in [-0.25, -0.2) is 13.3 Å². The van der Waals surface area contributed by atoms with Gasteiger partial charge in [-0.3, -0.25) is 6.92 Å². The van der Waals surface area contributed by atoms with Gasteiger partial charge in [0.05, 0.1) is 28.4 Å². The Morgan fingerprint density at radius 3 is 1.67 bits per heavy atom. The van der Waals surface area contributed by atoms with Crippen LogP contribution in [0.15, 0.2) is 36.4 Å². The molecule has 2 aromatic carbocycles. The zero-order chi connectivity index (χ0) is 22.7. The second kappa shape index (κ2) is 14.8. The number of hydrogen-bond acceptors (Lipinski definition) is 5. The van der Waals surface area contributed by atoms with Gasteiger partial charge in [0.1, 0.15) is 0 Å². The van der Waals surface area contributed by atoms with Gasteiger partial charge in [0, 0.05) is 5.75 Å². The maximum absolute atomic E-state index is 13.1. The molecule has 0 spiro atoms. The summed E-state index contributed by atoms with van der Waals surface area (Å²) in [5.41, 5.74) is -0.290. The van der Waals surface area contributed by atoms with Gasteiger partial charge in [0.2, 0.25) is 5.75 Å². The fraction of sp³-hybridized carbons (Fsp3) is 0.278. The van der Waals surface area contributed by atoms with Crippen molar-refractivity contribution in [2.45, 2.75) is 5.92 Å². The predicted octanol–water partition coefficient (Wildman–Crippen LogP) is 2.82. The van der Waals surface area contributed by atoms with Crippen molar-refractivity contribution in [3.63, 3.8) is 0 Å². The summed E-state index contributed by atoms with van der Waals surface area (Å²) in [6, 6.07) is 12.7. The molecule has 0 aromatic heterocycles. The van der Waals surface area contributed by atoms with Crippen LogP contribution in [0.3, 0.4) is 0 Å². The van der Waals surface area contributed by atoms with E-state index in [2.05, 4.69) is 13.0 Å². The van der Waals surface area contributed by atoms with E-state index in [1.807, 2.05) is 24.3 Å². The molecule has 2 aromatic rings. The third kappa shape index (κ3) is 13.2. The average molecular weight is 476 g/mol. The molecule has 164 valence electrons. The summed E-state index contributed by atoms with van der Waals surface area (Å²) in [5, 5.41) is 0. The largest absolute Gasteiger partial charge is 2.00 e. The zero-order valence-corrected chi connectivity index (χ0v) is 20.1. The van der Waals surface area contributed by atoms with E-state index in [4.69, 9.17) is 38.2 Å². The van der Waals surface area contributed by atoms with E-state index in [1.54, 1.807) is 7.11 Å². The number of hydrogen-bond donors (Lipinski definition) is 3. The third-order valence-electron chi connectivity index (χ3n) is 2.99. The standard InChI is InChI=1S/C11H13F2O3.C7H7O.Ca.H3O4P/c1-11(12,13)7-5-8(14-2)10(16-4)9(6-7)15-3;1-8-7-5-3-2-4-6-7;;1-5(2,3)4/h5-6H,1H2,2-4H3;2-5H,1H3;;(H3,1,2,3,4)/q2*-1;+2;. The topological polar surface area (TPSA) is 115 Å². The van der Waals surface area contributed by atoms with Gasteiger partial charge in [0.15, 0.2) is 17.4 Å². The number of phosphoric acid groups is 1. The molecule has 0 aliphatic rings. The van der Waals surface area contributed by atoms with Crippen LogP contribution in [0.4, 0.5) is 8.78 Å². The maximum Gasteiger partial charge on any atom is 2.00 e. The first-order valence-electron chi connectivity index (χ1n) is 7.70. The van der Waals surface area contributed by atoms with Gasteiger partial charge in [-0.05, 0) is 17.7 Å². The molecule has 3 N–H and O–H groups in total. The van der Waals surface area contributed by atoms with Gasteiger partial charge in [-0.2, -0.15) is 18.2 Å². The molecule has 0 heterocycles. The summed E-state index contributed by atoms with van der Waals surface area (Å²) < 4.78 is 54.8. The van der Waals surface area contributed by atoms with E-state index in [-0.39, 0.29) is 60.6 Å². The molecule has 12 heteroatoms. The van der Waals surface area contributed by atoms with Crippen molar-refractivity contribution in [1.82, 2.24) is 0 Å². The Hall–Kier alpha value is -1.13. The normalized spacial score (nSPS) is 10.2. The quantitative estimate of drug-likeness (QED) is 0.343. The zero-order valence-electron chi connectivity index (χ0n) is 17.0. The van der Waals surface area contributed by atoms with Crippen LogP contribution >= 0.6 is 7.82 Å². The minimum atomic E-state index is -4.64. The number of rotatable bonds is 5. The van der Waals surface area contributed by atoms with Crippen molar-refractivity contribution in [2.75, 3.05) is 28.4 Å². The molecule has 30 heavy (non-hydrogen) atoms. The van der Waals surface area contributed by atoms with E-state index in [0.29, 0.717) is 0 Å². The molecule has 0 fully saturated rings. The fourth-order valence-electron chi connectivity index (χ4n) is 1.80. The van der Waals surface area contributed by atoms with Crippen molar-refractivity contribution in [1.29, 1.82) is 0 Å². The van der Waals surface area contributed by atoms with Crippen LogP contribution in [0.1, 0.15) is 5.56 Å². The van der Waals surface area contributed by atoms with Crippen molar-refractivity contribution < 1.29 is 47.0 Å². The van der Waals surface area contributed by atoms with Crippen LogP contribution in [-0.4, -0.2) is 80.9 Å². The van der Waals surface area contributed by atoms with E-state index in [9.17, 15) is 8.78 Å². The molecule has 0 aliphatic heterocycles. The maximum atomic E-state index is 13.1. The number of alkyl halides is 2. The Kier molecular flexibility index (Phi) is 15.3. The first-order valence-corrected chi connectivity index (χ1v) is 9.26. The molecule has 0 saturated heterocycles. The molecule has 0 unspecified atom stereocenters. The van der Waals surface area contributed by atoms with Gasteiger partial charge < -0.3 is 33.6 Å². The molecule has 0 radical (unpaired) electrons. The van der Waals surface area contributed by atoms with E-state index in [1.165, 1.54) is 33.5 Å². The summed E-state index contributed by atoms with van der Waals surface area (Å²) in [6.07, 6.45) is 0. The first-order chi connectivity index (χ1) is 13.4. The van der Waals surface area contributed by atoms with E-state index >= 15 is 0 Å². The van der Waals surface area contributed by atoms with Crippen molar-refractivity contribution in [3.05, 3.63) is 55.0 Å². The van der Waals surface area contributed by atoms with Crippen molar-refractivity contribution in [2.24, 2.45) is 0 Å². The van der Waals surface area contributed by atoms with Gasteiger partial charge in [-0.1, -0.05) is 0 Å². The summed E-state index contributed by atoms with van der Waals surface area (Å²) in [6.45, 7) is 2.76. The summed E-state index contributed by atoms with van der Waals surface area (Å²) in [4.78, 5) is 21.6. The second-order valence-corrected chi connectivity index (χ2v) is 6.09. The molecule has 0 atom stereocenters. The minimum absolute atomic E-state index is 0. The van der Waals surface area contributed by atoms with Crippen LogP contribution in [0.25, 0.3) is 0 Å². The number of benzene rings is 2. The van der Waals surface area contributed by atoms with Crippen LogP contribution in [-0.2, 0) is 10.5 Å². The van der Waals surface area contributed by atoms with E-state index < -0.39 is 13.7 Å². The number of para-hydroxylation sites is 1. The monoisotopic (exact) mass is 476 g/mol. The van der Waals surface area contributed by atoms with Gasteiger partial charge in [-0.15, -0.1) is 12.1 Å². The van der Waals surface area contributed by atoms with Gasteiger partial charge in [0.25, 0.3) is 0 Å². The molecular weight excluding hydrogens is 453 g/mol. The van der Waals surface area contributed by atoms with Gasteiger partial charge >= 0.3 is 45.6 Å². The third-order valence-corrected chi connectivity index (χ3v) is 2.99. The summed E-state index contributed by atoms with van der Waals surface area (Å²) in [5.74, 6) is -1.78. The fourth-order valence-corrected chi connectivity index (χ4v) is 1.80. The summed E-state index contributed by atoms with van der Waals surface area (Å²) in [7, 11) is 1.12. The van der Waals surface area contributed by atoms with Crippen LogP contribution in [0.5, 0.6) is 23.0 Å². The molecular formula is C18H23CaF2O8P. The van der Waals surface area contributed by atoms with E-state index in [0.717, 1.165) is 5.75 Å². The van der Waals surface area contributed by atoms with Crippen molar-refractivity contribution in [3.8, 4) is 23.0 Å². The van der Waals surface area contributed by atoms with Crippen molar-refractivity contribution >= 4 is 45.6 Å². The molecule has 0 aliphatic carbocycles. The Morgan fingerprint density at radius 2 is 1.43 bits per heavy atom. The molecule has 0 saturated carbocycles. The van der Waals surface area contributed by atoms with Crippen LogP contribution in [0.2, 0.25) is 0 Å². The summed E-state index contributed by atoms with van der Waals surface area (Å²) >= 11 is 0. The molecule has 2 rings (SSSR count). The first kappa shape index (κ1) is 31.1. The van der Waals surface area contributed by atoms with Crippen LogP contribution in [0, 0.1) is 13.0 Å². The number of halogens is 2. The number of methoxy groups -OCH3 is 4.